The molecule has 2 fully saturated rings. The van der Waals surface area contributed by atoms with Crippen LogP contribution in [0.4, 0.5) is 0 Å². The predicted octanol–water partition coefficient (Wildman–Crippen LogP) is 2.25. The normalized spacial score (nSPS) is 27.2. The lowest BCUT2D eigenvalue weighted by Crippen LogP contribution is -2.13. The summed E-state index contributed by atoms with van der Waals surface area (Å²) in [7, 11) is 0. The summed E-state index contributed by atoms with van der Waals surface area (Å²) < 4.78 is 2.08. The molecule has 0 amide bonds. The van der Waals surface area contributed by atoms with Crippen LogP contribution in [0.2, 0.25) is 0 Å². The van der Waals surface area contributed by atoms with Crippen LogP contribution in [-0.4, -0.2) is 28.1 Å². The van der Waals surface area contributed by atoms with Crippen LogP contribution in [0.1, 0.15) is 62.6 Å². The number of nitrogens with zero attached hydrogens (tertiary/aromatic N) is 3. The molecule has 2 aliphatic rings. The van der Waals surface area contributed by atoms with Crippen molar-refractivity contribution in [2.75, 3.05) is 13.1 Å². The van der Waals surface area contributed by atoms with Gasteiger partial charge < -0.3 is 5.32 Å². The van der Waals surface area contributed by atoms with Gasteiger partial charge in [-0.2, -0.15) is 0 Å². The van der Waals surface area contributed by atoms with Crippen LogP contribution >= 0.6 is 0 Å². The minimum Gasteiger partial charge on any atom is -0.315 e. The maximum atomic E-state index is 4.41. The smallest absolute Gasteiger partial charge is 0.0858 e. The number of rotatable bonds is 2. The van der Waals surface area contributed by atoms with Crippen molar-refractivity contribution in [3.05, 3.63) is 11.9 Å². The van der Waals surface area contributed by atoms with E-state index in [2.05, 4.69) is 26.5 Å². The topological polar surface area (TPSA) is 42.7 Å². The second kappa shape index (κ2) is 5.17. The molecule has 3 rings (SSSR count). The van der Waals surface area contributed by atoms with Gasteiger partial charge in [0, 0.05) is 18.7 Å². The van der Waals surface area contributed by atoms with Crippen molar-refractivity contribution in [2.45, 2.75) is 56.9 Å². The molecule has 1 aliphatic heterocycles. The van der Waals surface area contributed by atoms with E-state index in [1.165, 1.54) is 50.6 Å². The van der Waals surface area contributed by atoms with Crippen LogP contribution in [0.15, 0.2) is 6.20 Å². The zero-order valence-electron chi connectivity index (χ0n) is 10.4. The molecule has 1 aromatic heterocycles. The van der Waals surface area contributed by atoms with E-state index in [1.807, 2.05) is 0 Å². The van der Waals surface area contributed by atoms with E-state index in [0.29, 0.717) is 12.0 Å². The van der Waals surface area contributed by atoms with Gasteiger partial charge in [0.05, 0.1) is 11.7 Å². The first-order valence-electron chi connectivity index (χ1n) is 7.06. The Bertz CT molecular complexity index is 346. The molecular formula is C13H22N4. The molecule has 0 radical (unpaired) electrons. The SMILES string of the molecule is c1c(C2CCCCCC2)nnn1C1CCNC1. The Hall–Kier alpha value is -0.900. The molecule has 0 aromatic carbocycles. The number of nitrogens with one attached hydrogen (secondary N) is 1. The quantitative estimate of drug-likeness (QED) is 0.798. The van der Waals surface area contributed by atoms with E-state index < -0.39 is 0 Å². The molecule has 0 spiro atoms. The van der Waals surface area contributed by atoms with Gasteiger partial charge in [-0.05, 0) is 25.8 Å². The van der Waals surface area contributed by atoms with Gasteiger partial charge in [0.25, 0.3) is 0 Å². The molecule has 4 nitrogen and oxygen atoms in total. The summed E-state index contributed by atoms with van der Waals surface area (Å²) in [6, 6.07) is 0.530. The lowest BCUT2D eigenvalue weighted by molar-refractivity contribution is 0.476. The van der Waals surface area contributed by atoms with Crippen LogP contribution in [0.3, 0.4) is 0 Å². The highest BCUT2D eigenvalue weighted by Gasteiger charge is 2.21. The Morgan fingerprint density at radius 1 is 1.12 bits per heavy atom. The molecule has 1 N–H and O–H groups in total. The highest BCUT2D eigenvalue weighted by Crippen LogP contribution is 2.30. The summed E-state index contributed by atoms with van der Waals surface area (Å²) in [5.41, 5.74) is 1.24. The lowest BCUT2D eigenvalue weighted by Gasteiger charge is -2.10. The van der Waals surface area contributed by atoms with Crippen LogP contribution in [0.25, 0.3) is 0 Å². The first-order valence-corrected chi connectivity index (χ1v) is 7.06. The average molecular weight is 234 g/mol. The summed E-state index contributed by atoms with van der Waals surface area (Å²) in [5.74, 6) is 0.667. The summed E-state index contributed by atoms with van der Waals surface area (Å²) in [6.07, 6.45) is 11.5. The molecule has 1 aliphatic carbocycles. The maximum absolute atomic E-state index is 4.41. The molecule has 17 heavy (non-hydrogen) atoms. The second-order valence-electron chi connectivity index (χ2n) is 5.46. The Morgan fingerprint density at radius 3 is 2.65 bits per heavy atom. The highest BCUT2D eigenvalue weighted by atomic mass is 15.4. The Kier molecular flexibility index (Phi) is 3.41. The van der Waals surface area contributed by atoms with E-state index in [1.54, 1.807) is 0 Å². The molecule has 4 heteroatoms. The second-order valence-corrected chi connectivity index (χ2v) is 5.46. The van der Waals surface area contributed by atoms with Crippen LogP contribution in [-0.2, 0) is 0 Å². The van der Waals surface area contributed by atoms with Crippen molar-refractivity contribution in [2.24, 2.45) is 0 Å². The van der Waals surface area contributed by atoms with Crippen molar-refractivity contribution < 1.29 is 0 Å². The molecule has 94 valence electrons. The van der Waals surface area contributed by atoms with Crippen molar-refractivity contribution in [1.29, 1.82) is 0 Å². The van der Waals surface area contributed by atoms with Crippen molar-refractivity contribution in [3.63, 3.8) is 0 Å². The fraction of sp³-hybridized carbons (Fsp3) is 0.846. The average Bonchev–Trinajstić information content (AvgIpc) is 2.95. The van der Waals surface area contributed by atoms with Gasteiger partial charge in [-0.25, -0.2) is 4.68 Å². The standard InChI is InChI=1S/C13H22N4/c1-2-4-6-11(5-3-1)13-10-17(16-15-13)12-7-8-14-9-12/h10-12,14H,1-9H2. The third-order valence-corrected chi connectivity index (χ3v) is 4.21. The molecule has 1 atom stereocenters. The van der Waals surface area contributed by atoms with Gasteiger partial charge >= 0.3 is 0 Å². The minimum atomic E-state index is 0.530. The highest BCUT2D eigenvalue weighted by molar-refractivity contribution is 5.03. The predicted molar refractivity (Wildman–Crippen MR) is 67.0 cm³/mol. The van der Waals surface area contributed by atoms with Gasteiger partial charge in [0.15, 0.2) is 0 Å². The third kappa shape index (κ3) is 2.51. The molecule has 1 saturated carbocycles. The summed E-state index contributed by atoms with van der Waals surface area (Å²) in [4.78, 5) is 0. The molecule has 1 unspecified atom stereocenters. The Labute approximate surface area is 103 Å². The molecular weight excluding hydrogens is 212 g/mol. The van der Waals surface area contributed by atoms with Crippen molar-refractivity contribution in [3.8, 4) is 0 Å². The van der Waals surface area contributed by atoms with E-state index in [4.69, 9.17) is 0 Å². The van der Waals surface area contributed by atoms with Gasteiger partial charge in [0.1, 0.15) is 0 Å². The van der Waals surface area contributed by atoms with E-state index in [0.717, 1.165) is 13.1 Å². The first-order chi connectivity index (χ1) is 8.43. The van der Waals surface area contributed by atoms with Crippen molar-refractivity contribution >= 4 is 0 Å². The van der Waals surface area contributed by atoms with Crippen LogP contribution in [0.5, 0.6) is 0 Å². The van der Waals surface area contributed by atoms with Gasteiger partial charge in [0.2, 0.25) is 0 Å². The fourth-order valence-corrected chi connectivity index (χ4v) is 3.10. The largest absolute Gasteiger partial charge is 0.315 e. The van der Waals surface area contributed by atoms with Gasteiger partial charge in [-0.15, -0.1) is 5.10 Å². The van der Waals surface area contributed by atoms with Crippen molar-refractivity contribution in [1.82, 2.24) is 20.3 Å². The van der Waals surface area contributed by atoms with Gasteiger partial charge in [-0.3, -0.25) is 0 Å². The number of hydrogen-bond donors (Lipinski definition) is 1. The number of aromatic nitrogens is 3. The Balaban J connectivity index is 1.70. The molecule has 1 aromatic rings. The van der Waals surface area contributed by atoms with E-state index in [9.17, 15) is 0 Å². The fourth-order valence-electron chi connectivity index (χ4n) is 3.10. The lowest BCUT2D eigenvalue weighted by atomic mass is 9.97. The van der Waals surface area contributed by atoms with E-state index >= 15 is 0 Å². The first kappa shape index (κ1) is 11.2. The zero-order valence-corrected chi connectivity index (χ0v) is 10.4. The molecule has 2 heterocycles. The molecule has 1 saturated heterocycles. The van der Waals surface area contributed by atoms with Gasteiger partial charge in [-0.1, -0.05) is 30.9 Å². The summed E-state index contributed by atoms with van der Waals surface area (Å²) in [5, 5.41) is 12.1. The Morgan fingerprint density at radius 2 is 1.94 bits per heavy atom. The van der Waals surface area contributed by atoms with E-state index in [-0.39, 0.29) is 0 Å². The minimum absolute atomic E-state index is 0.530. The summed E-state index contributed by atoms with van der Waals surface area (Å²) in [6.45, 7) is 2.16. The number of hydrogen-bond acceptors (Lipinski definition) is 3. The zero-order chi connectivity index (χ0) is 11.5. The summed E-state index contributed by atoms with van der Waals surface area (Å²) >= 11 is 0. The van der Waals surface area contributed by atoms with Crippen LogP contribution in [0, 0.1) is 0 Å². The maximum Gasteiger partial charge on any atom is 0.0858 e. The molecule has 0 bridgehead atoms. The van der Waals surface area contributed by atoms with Crippen LogP contribution < -0.4 is 5.32 Å². The monoisotopic (exact) mass is 234 g/mol. The third-order valence-electron chi connectivity index (χ3n) is 4.21.